The number of nitrogens with two attached hydrogens (primary N) is 1. The second-order valence-electron chi connectivity index (χ2n) is 7.97. The quantitative estimate of drug-likeness (QED) is 0.703. The van der Waals surface area contributed by atoms with Crippen LogP contribution in [0.4, 0.5) is 5.00 Å². The number of rotatable bonds is 5. The molecule has 162 valence electrons. The summed E-state index contributed by atoms with van der Waals surface area (Å²) in [6, 6.07) is 2.44. The van der Waals surface area contributed by atoms with Crippen molar-refractivity contribution in [3.63, 3.8) is 0 Å². The van der Waals surface area contributed by atoms with Crippen LogP contribution in [0.1, 0.15) is 53.4 Å². The van der Waals surface area contributed by atoms with Crippen molar-refractivity contribution in [2.45, 2.75) is 55.7 Å². The second-order valence-corrected chi connectivity index (χ2v) is 12.1. The highest BCUT2D eigenvalue weighted by Gasteiger charge is 2.39. The maximum absolute atomic E-state index is 13.2. The van der Waals surface area contributed by atoms with E-state index in [0.29, 0.717) is 35.9 Å². The predicted molar refractivity (Wildman–Crippen MR) is 119 cm³/mol. The summed E-state index contributed by atoms with van der Waals surface area (Å²) >= 11 is 2.54. The Morgan fingerprint density at radius 1 is 1.27 bits per heavy atom. The van der Waals surface area contributed by atoms with Crippen LogP contribution in [0.15, 0.2) is 21.7 Å². The number of nitrogens with zero attached hydrogens (tertiary/aromatic N) is 1. The molecule has 7 nitrogen and oxygen atoms in total. The first-order valence-electron chi connectivity index (χ1n) is 10.1. The molecule has 2 atom stereocenters. The van der Waals surface area contributed by atoms with Crippen molar-refractivity contribution < 1.29 is 18.0 Å². The van der Waals surface area contributed by atoms with Gasteiger partial charge in [-0.2, -0.15) is 4.31 Å². The first-order chi connectivity index (χ1) is 14.3. The fourth-order valence-corrected chi connectivity index (χ4v) is 8.47. The zero-order chi connectivity index (χ0) is 21.5. The van der Waals surface area contributed by atoms with Gasteiger partial charge in [0.1, 0.15) is 15.3 Å². The molecular weight excluding hydrogens is 442 g/mol. The van der Waals surface area contributed by atoms with Crippen LogP contribution in [-0.4, -0.2) is 37.1 Å². The first kappa shape index (κ1) is 21.5. The van der Waals surface area contributed by atoms with Crippen LogP contribution in [0.3, 0.4) is 0 Å². The molecule has 0 saturated carbocycles. The molecule has 0 spiro atoms. The van der Waals surface area contributed by atoms with Gasteiger partial charge < -0.3 is 11.1 Å². The normalized spacial score (nSPS) is 22.4. The van der Waals surface area contributed by atoms with Crippen LogP contribution in [0.5, 0.6) is 0 Å². The number of amides is 2. The van der Waals surface area contributed by atoms with E-state index in [1.165, 1.54) is 15.6 Å². The van der Waals surface area contributed by atoms with E-state index in [1.54, 1.807) is 17.5 Å². The lowest BCUT2D eigenvalue weighted by atomic mass is 9.88. The van der Waals surface area contributed by atoms with Crippen LogP contribution in [-0.2, 0) is 27.7 Å². The Labute approximate surface area is 184 Å². The summed E-state index contributed by atoms with van der Waals surface area (Å²) in [6.45, 7) is 2.47. The van der Waals surface area contributed by atoms with Gasteiger partial charge in [-0.05, 0) is 55.0 Å². The Balaban J connectivity index is 1.62. The van der Waals surface area contributed by atoms with E-state index in [-0.39, 0.29) is 4.21 Å². The number of thiophene rings is 2. The van der Waals surface area contributed by atoms with E-state index in [9.17, 15) is 18.0 Å². The first-order valence-corrected chi connectivity index (χ1v) is 13.2. The van der Waals surface area contributed by atoms with Crippen molar-refractivity contribution in [2.75, 3.05) is 11.9 Å². The van der Waals surface area contributed by atoms with Gasteiger partial charge in [-0.1, -0.05) is 19.4 Å². The van der Waals surface area contributed by atoms with Crippen molar-refractivity contribution in [3.05, 3.63) is 33.5 Å². The molecule has 1 fully saturated rings. The minimum Gasteiger partial charge on any atom is -0.365 e. The van der Waals surface area contributed by atoms with Gasteiger partial charge in [0, 0.05) is 11.4 Å². The molecule has 0 radical (unpaired) electrons. The van der Waals surface area contributed by atoms with Gasteiger partial charge in [-0.15, -0.1) is 22.7 Å². The van der Waals surface area contributed by atoms with Gasteiger partial charge >= 0.3 is 0 Å². The summed E-state index contributed by atoms with van der Waals surface area (Å²) in [5, 5.41) is 5.02. The fraction of sp³-hybridized carbons (Fsp3) is 0.500. The molecule has 0 aromatic carbocycles. The Bertz CT molecular complexity index is 1060. The van der Waals surface area contributed by atoms with Gasteiger partial charge in [0.25, 0.3) is 15.9 Å². The van der Waals surface area contributed by atoms with Gasteiger partial charge in [0.05, 0.1) is 5.56 Å². The maximum Gasteiger partial charge on any atom is 0.253 e. The average Bonchev–Trinajstić information content (AvgIpc) is 3.35. The number of nitrogens with one attached hydrogen (secondary N) is 1. The molecule has 1 aliphatic heterocycles. The third kappa shape index (κ3) is 3.93. The number of hydrogen-bond acceptors (Lipinski definition) is 6. The zero-order valence-corrected chi connectivity index (χ0v) is 19.2. The molecule has 4 rings (SSSR count). The summed E-state index contributed by atoms with van der Waals surface area (Å²) in [4.78, 5) is 26.4. The van der Waals surface area contributed by atoms with Crippen LogP contribution < -0.4 is 11.1 Å². The van der Waals surface area contributed by atoms with Crippen LogP contribution in [0, 0.1) is 5.92 Å². The molecule has 10 heteroatoms. The van der Waals surface area contributed by atoms with Gasteiger partial charge in [0.15, 0.2) is 0 Å². The van der Waals surface area contributed by atoms with Gasteiger partial charge in [0.2, 0.25) is 5.91 Å². The summed E-state index contributed by atoms with van der Waals surface area (Å²) in [5.41, 5.74) is 6.97. The number of primary amides is 1. The van der Waals surface area contributed by atoms with Gasteiger partial charge in [-0.25, -0.2) is 8.42 Å². The van der Waals surface area contributed by atoms with E-state index >= 15 is 0 Å². The fourth-order valence-electron chi connectivity index (χ4n) is 4.28. The number of carbonyl (C=O) groups excluding carboxylic acids is 2. The molecule has 3 N–H and O–H groups in total. The minimum absolute atomic E-state index is 0.237. The largest absolute Gasteiger partial charge is 0.365 e. The highest BCUT2D eigenvalue weighted by atomic mass is 32.2. The molecule has 2 unspecified atom stereocenters. The molecule has 2 aromatic heterocycles. The Hall–Kier alpha value is -1.75. The topological polar surface area (TPSA) is 110 Å². The third-order valence-corrected chi connectivity index (χ3v) is 10.3. The number of piperidine rings is 1. The molecule has 2 aliphatic rings. The standard InChI is InChI=1S/C20H25N3O4S3/c1-12-7-8-13-15(11-12)29-20(17(13)18(21)24)22-19(25)14-5-2-3-9-23(14)30(26,27)16-6-4-10-28-16/h4,6,10,12,14H,2-3,5,7-9,11H2,1H3,(H2,21,24)(H,22,25). The van der Waals surface area contributed by atoms with Crippen LogP contribution in [0.25, 0.3) is 0 Å². The third-order valence-electron chi connectivity index (χ3n) is 5.81. The number of anilines is 1. The molecule has 0 bridgehead atoms. The van der Waals surface area contributed by atoms with E-state index in [1.807, 2.05) is 0 Å². The van der Waals surface area contributed by atoms with E-state index < -0.39 is 27.9 Å². The van der Waals surface area contributed by atoms with Crippen molar-refractivity contribution in [1.82, 2.24) is 4.31 Å². The Morgan fingerprint density at radius 3 is 2.77 bits per heavy atom. The summed E-state index contributed by atoms with van der Waals surface area (Å²) < 4.78 is 27.7. The molecule has 1 saturated heterocycles. The van der Waals surface area contributed by atoms with Crippen molar-refractivity contribution >= 4 is 49.5 Å². The van der Waals surface area contributed by atoms with E-state index in [4.69, 9.17) is 5.73 Å². The number of sulfonamides is 1. The second kappa shape index (κ2) is 8.41. The summed E-state index contributed by atoms with van der Waals surface area (Å²) in [5.74, 6) is -0.432. The van der Waals surface area contributed by atoms with Crippen molar-refractivity contribution in [3.8, 4) is 0 Å². The van der Waals surface area contributed by atoms with Crippen molar-refractivity contribution in [1.29, 1.82) is 0 Å². The van der Waals surface area contributed by atoms with Crippen LogP contribution >= 0.6 is 22.7 Å². The zero-order valence-electron chi connectivity index (χ0n) is 16.7. The van der Waals surface area contributed by atoms with Crippen LogP contribution in [0.2, 0.25) is 0 Å². The van der Waals surface area contributed by atoms with Crippen molar-refractivity contribution in [2.24, 2.45) is 11.7 Å². The lowest BCUT2D eigenvalue weighted by molar-refractivity contribution is -0.120. The minimum atomic E-state index is -3.74. The smallest absolute Gasteiger partial charge is 0.253 e. The SMILES string of the molecule is CC1CCc2c(sc(NC(=O)C3CCCCN3S(=O)(=O)c3cccs3)c2C(N)=O)C1. The molecule has 2 amide bonds. The molecule has 3 heterocycles. The monoisotopic (exact) mass is 467 g/mol. The maximum atomic E-state index is 13.2. The number of carbonyl (C=O) groups is 2. The highest BCUT2D eigenvalue weighted by molar-refractivity contribution is 7.91. The Kier molecular flexibility index (Phi) is 6.02. The molecule has 30 heavy (non-hydrogen) atoms. The molecule has 2 aromatic rings. The number of hydrogen-bond donors (Lipinski definition) is 2. The van der Waals surface area contributed by atoms with E-state index in [2.05, 4.69) is 12.2 Å². The summed E-state index contributed by atoms with van der Waals surface area (Å²) in [6.07, 6.45) is 4.54. The predicted octanol–water partition coefficient (Wildman–Crippen LogP) is 3.22. The number of fused-ring (bicyclic) bond motifs is 1. The molecule has 1 aliphatic carbocycles. The Morgan fingerprint density at radius 2 is 2.07 bits per heavy atom. The lowest BCUT2D eigenvalue weighted by Gasteiger charge is -2.33. The molecular formula is C20H25N3O4S3. The van der Waals surface area contributed by atoms with Gasteiger partial charge in [-0.3, -0.25) is 9.59 Å². The average molecular weight is 468 g/mol. The lowest BCUT2D eigenvalue weighted by Crippen LogP contribution is -2.49. The summed E-state index contributed by atoms with van der Waals surface area (Å²) in [7, 11) is -3.74. The highest BCUT2D eigenvalue weighted by Crippen LogP contribution is 2.40. The van der Waals surface area contributed by atoms with E-state index in [0.717, 1.165) is 47.5 Å².